The Bertz CT molecular complexity index is 2660. The summed E-state index contributed by atoms with van der Waals surface area (Å²) in [7, 11) is -3.60. The molecule has 304 valence electrons. The number of nitriles is 3. The van der Waals surface area contributed by atoms with E-state index in [1.54, 1.807) is 60.8 Å². The van der Waals surface area contributed by atoms with Crippen LogP contribution >= 0.6 is 11.6 Å². The van der Waals surface area contributed by atoms with Crippen molar-refractivity contribution in [2.24, 2.45) is 4.99 Å². The minimum absolute atomic E-state index is 0.0299. The molecule has 5 rings (SSSR count). The van der Waals surface area contributed by atoms with Gasteiger partial charge in [-0.05, 0) is 85.1 Å². The molecular weight excluding hydrogens is 808 g/mol. The third kappa shape index (κ3) is 10.6. The van der Waals surface area contributed by atoms with E-state index in [1.165, 1.54) is 22.5 Å². The Morgan fingerprint density at radius 1 is 0.900 bits per heavy atom. The van der Waals surface area contributed by atoms with Gasteiger partial charge in [-0.1, -0.05) is 17.7 Å². The summed E-state index contributed by atoms with van der Waals surface area (Å²) in [4.78, 5) is 47.7. The van der Waals surface area contributed by atoms with Crippen LogP contribution in [0.15, 0.2) is 89.6 Å². The van der Waals surface area contributed by atoms with Gasteiger partial charge in [0.15, 0.2) is 12.1 Å². The fraction of sp³-hybridized carbons (Fsp3) is 0.214. The minimum atomic E-state index is -3.60. The van der Waals surface area contributed by atoms with E-state index >= 15 is 0 Å². The third-order valence-corrected chi connectivity index (χ3v) is 10.8. The van der Waals surface area contributed by atoms with Crippen molar-refractivity contribution < 1.29 is 27.9 Å². The van der Waals surface area contributed by atoms with E-state index in [1.807, 2.05) is 30.9 Å². The van der Waals surface area contributed by atoms with Crippen LogP contribution in [0, 0.1) is 58.0 Å². The average molecular weight is 846 g/mol. The molecule has 18 heteroatoms. The fourth-order valence-electron chi connectivity index (χ4n) is 6.20. The number of nitro groups is 1. The molecule has 1 heterocycles. The number of hydrogen-bond acceptors (Lipinski definition) is 11. The SMILES string of the molecule is Cc1cc(N(CCC#N)S(C)(=O)=O)ccc1C=[NH+]c1ccc(C(=O)NN2C(c3cc([N+](=O)[O-])ccc3Cl)=NC(=O)/C2=C/c2ccc(N(CCC#N)CCC#N)cc2C)cc1. The predicted molar refractivity (Wildman–Crippen MR) is 227 cm³/mol. The van der Waals surface area contributed by atoms with Crippen LogP contribution in [0.2, 0.25) is 5.02 Å². The second-order valence-corrected chi connectivity index (χ2v) is 15.8. The Balaban J connectivity index is 1.43. The summed E-state index contributed by atoms with van der Waals surface area (Å²) in [6, 6.07) is 26.8. The molecule has 0 spiro atoms. The van der Waals surface area contributed by atoms with E-state index in [0.717, 1.165) is 39.7 Å². The topological polar surface area (TPSA) is 231 Å². The molecule has 0 atom stereocenters. The molecule has 4 aromatic carbocycles. The van der Waals surface area contributed by atoms with Crippen molar-refractivity contribution in [2.45, 2.75) is 33.1 Å². The van der Waals surface area contributed by atoms with Crippen LogP contribution in [0.5, 0.6) is 0 Å². The standard InChI is InChI=1S/C42H37ClN10O6S/c1-28-23-34(50(20-4-17-44)21-5-18-45)13-9-31(28)25-39-42(55)48-40(37-26-36(53(56)57)15-16-38(37)43)52(39)49-41(54)30-7-11-33(12-8-30)47-27-32-10-14-35(24-29(32)2)51(22-6-19-46)60(3,58)59/h7-16,23-27H,4-6,20-22H2,1-3H3,(H,49,54)/p+1/b39-25-,47-27?. The van der Waals surface area contributed by atoms with Gasteiger partial charge in [-0.2, -0.15) is 20.8 Å². The van der Waals surface area contributed by atoms with Crippen molar-refractivity contribution in [3.05, 3.63) is 133 Å². The molecule has 0 saturated carbocycles. The summed E-state index contributed by atoms with van der Waals surface area (Å²) in [6.45, 7) is 4.50. The predicted octanol–water partition coefficient (Wildman–Crippen LogP) is 4.98. The number of hydrazine groups is 1. The van der Waals surface area contributed by atoms with Crippen LogP contribution in [0.1, 0.15) is 57.4 Å². The maximum Gasteiger partial charge on any atom is 0.297 e. The largest absolute Gasteiger partial charge is 0.369 e. The molecule has 0 unspecified atom stereocenters. The first kappa shape index (κ1) is 43.7. The number of benzene rings is 4. The van der Waals surface area contributed by atoms with Gasteiger partial charge < -0.3 is 4.90 Å². The van der Waals surface area contributed by atoms with Crippen molar-refractivity contribution in [1.29, 1.82) is 15.8 Å². The van der Waals surface area contributed by atoms with Gasteiger partial charge >= 0.3 is 0 Å². The quantitative estimate of drug-likeness (QED) is 0.0661. The van der Waals surface area contributed by atoms with Gasteiger partial charge in [0.2, 0.25) is 15.7 Å². The molecule has 0 aromatic heterocycles. The molecule has 0 radical (unpaired) electrons. The van der Waals surface area contributed by atoms with E-state index in [-0.39, 0.29) is 59.2 Å². The van der Waals surface area contributed by atoms with Crippen molar-refractivity contribution in [3.8, 4) is 18.2 Å². The van der Waals surface area contributed by atoms with Gasteiger partial charge in [-0.25, -0.2) is 18.4 Å². The van der Waals surface area contributed by atoms with E-state index in [0.29, 0.717) is 30.0 Å². The van der Waals surface area contributed by atoms with Crippen molar-refractivity contribution in [1.82, 2.24) is 10.4 Å². The average Bonchev–Trinajstić information content (AvgIpc) is 3.51. The number of hydrogen-bond donors (Lipinski definition) is 2. The lowest BCUT2D eigenvalue weighted by Crippen LogP contribution is -2.61. The van der Waals surface area contributed by atoms with E-state index in [4.69, 9.17) is 27.4 Å². The van der Waals surface area contributed by atoms with Crippen LogP contribution in [0.4, 0.5) is 22.7 Å². The van der Waals surface area contributed by atoms with Gasteiger partial charge in [0.05, 0.1) is 59.4 Å². The highest BCUT2D eigenvalue weighted by molar-refractivity contribution is 7.92. The maximum atomic E-state index is 13.8. The van der Waals surface area contributed by atoms with Crippen LogP contribution in [-0.4, -0.2) is 68.1 Å². The lowest BCUT2D eigenvalue weighted by Gasteiger charge is -2.24. The first-order valence-corrected chi connectivity index (χ1v) is 20.5. The molecule has 1 aliphatic heterocycles. The maximum absolute atomic E-state index is 13.8. The third-order valence-electron chi connectivity index (χ3n) is 9.30. The number of halogens is 1. The summed E-state index contributed by atoms with van der Waals surface area (Å²) in [6.07, 6.45) is 4.89. The fourth-order valence-corrected chi connectivity index (χ4v) is 7.32. The molecule has 1 aliphatic rings. The number of aryl methyl sites for hydroxylation is 2. The molecule has 2 amide bonds. The summed E-state index contributed by atoms with van der Waals surface area (Å²) in [5.41, 5.74) is 7.25. The number of non-ortho nitro benzene ring substituents is 1. The summed E-state index contributed by atoms with van der Waals surface area (Å²) in [5.74, 6) is -1.53. The molecular formula is C42H38ClN10O6S+. The number of rotatable bonds is 16. The summed E-state index contributed by atoms with van der Waals surface area (Å²) in [5, 5.41) is 40.1. The normalized spacial score (nSPS) is 13.1. The number of carbonyl (C=O) groups is 2. The van der Waals surface area contributed by atoms with Crippen molar-refractivity contribution in [3.63, 3.8) is 0 Å². The first-order chi connectivity index (χ1) is 28.6. The number of aliphatic imine (C=N–C) groups is 1. The zero-order valence-electron chi connectivity index (χ0n) is 32.7. The first-order valence-electron chi connectivity index (χ1n) is 18.3. The number of carbonyl (C=O) groups excluding carboxylic acids is 2. The van der Waals surface area contributed by atoms with Gasteiger partial charge in [-0.15, -0.1) is 0 Å². The van der Waals surface area contributed by atoms with E-state index in [2.05, 4.69) is 27.5 Å². The molecule has 0 saturated heterocycles. The molecule has 4 aromatic rings. The Labute approximate surface area is 351 Å². The summed E-state index contributed by atoms with van der Waals surface area (Å²) >= 11 is 6.49. The zero-order chi connectivity index (χ0) is 43.6. The number of anilines is 2. The van der Waals surface area contributed by atoms with Crippen LogP contribution < -0.4 is 19.6 Å². The number of nitro benzene ring substituents is 1. The smallest absolute Gasteiger partial charge is 0.297 e. The zero-order valence-corrected chi connectivity index (χ0v) is 34.3. The lowest BCUT2D eigenvalue weighted by atomic mass is 10.1. The Morgan fingerprint density at radius 3 is 2.10 bits per heavy atom. The molecule has 0 aliphatic carbocycles. The monoisotopic (exact) mass is 845 g/mol. The van der Waals surface area contributed by atoms with Gasteiger partial charge in [0.25, 0.3) is 17.5 Å². The number of sulfonamides is 1. The second kappa shape index (κ2) is 19.4. The number of amides is 2. The summed E-state index contributed by atoms with van der Waals surface area (Å²) < 4.78 is 25.9. The van der Waals surface area contributed by atoms with Crippen molar-refractivity contribution in [2.75, 3.05) is 35.1 Å². The highest BCUT2D eigenvalue weighted by Crippen LogP contribution is 2.30. The van der Waals surface area contributed by atoms with Crippen molar-refractivity contribution >= 4 is 74.3 Å². The highest BCUT2D eigenvalue weighted by atomic mass is 35.5. The minimum Gasteiger partial charge on any atom is -0.369 e. The van der Waals surface area contributed by atoms with E-state index in [9.17, 15) is 28.1 Å². The molecule has 16 nitrogen and oxygen atoms in total. The molecule has 0 bridgehead atoms. The highest BCUT2D eigenvalue weighted by Gasteiger charge is 2.34. The van der Waals surface area contributed by atoms with Gasteiger partial charge in [0.1, 0.15) is 5.70 Å². The number of nitrogens with zero attached hydrogens (tertiary/aromatic N) is 8. The Morgan fingerprint density at radius 2 is 1.50 bits per heavy atom. The lowest BCUT2D eigenvalue weighted by molar-refractivity contribution is -0.384. The number of nitrogens with one attached hydrogen (secondary N) is 2. The van der Waals surface area contributed by atoms with E-state index < -0.39 is 26.8 Å². The molecule has 0 fully saturated rings. The Hall–Kier alpha value is -7.39. The van der Waals surface area contributed by atoms with Crippen LogP contribution in [-0.2, 0) is 14.8 Å². The second-order valence-electron chi connectivity index (χ2n) is 13.5. The van der Waals surface area contributed by atoms with Crippen LogP contribution in [0.3, 0.4) is 0 Å². The number of amidine groups is 1. The molecule has 2 N–H and O–H groups in total. The molecule has 60 heavy (non-hydrogen) atoms. The van der Waals surface area contributed by atoms with Crippen LogP contribution in [0.25, 0.3) is 6.08 Å². The Kier molecular flexibility index (Phi) is 14.1. The van der Waals surface area contributed by atoms with Gasteiger partial charge in [0, 0.05) is 66.3 Å². The van der Waals surface area contributed by atoms with Gasteiger partial charge in [-0.3, -0.25) is 29.4 Å².